The van der Waals surface area contributed by atoms with Gasteiger partial charge in [0.05, 0.1) is 11.6 Å². The molecule has 8 bridgehead atoms. The van der Waals surface area contributed by atoms with Crippen molar-refractivity contribution in [3.63, 3.8) is 0 Å². The second-order valence-corrected chi connectivity index (χ2v) is 20.9. The first-order valence-electron chi connectivity index (χ1n) is 23.6. The number of nitriles is 1. The first-order valence-corrected chi connectivity index (χ1v) is 23.6. The summed E-state index contributed by atoms with van der Waals surface area (Å²) in [4.78, 5) is 15.6. The highest BCUT2D eigenvalue weighted by Crippen LogP contribution is 2.62. The van der Waals surface area contributed by atoms with Gasteiger partial charge in [-0.15, -0.1) is 0 Å². The van der Waals surface area contributed by atoms with E-state index in [1.54, 1.807) is 5.56 Å². The third-order valence-corrected chi connectivity index (χ3v) is 16.9. The van der Waals surface area contributed by atoms with Gasteiger partial charge in [-0.3, -0.25) is 0 Å². The van der Waals surface area contributed by atoms with Gasteiger partial charge in [0.1, 0.15) is 0 Å². The van der Waals surface area contributed by atoms with Crippen LogP contribution in [0.5, 0.6) is 0 Å². The Morgan fingerprint density at radius 2 is 0.823 bits per heavy atom. The van der Waals surface area contributed by atoms with Gasteiger partial charge < -0.3 is 0 Å². The predicted molar refractivity (Wildman–Crippen MR) is 249 cm³/mol. The van der Waals surface area contributed by atoms with Crippen LogP contribution in [-0.2, 0) is 10.8 Å². The molecular weight excluding hydrogens is 753 g/mol. The molecule has 8 aliphatic rings. The smallest absolute Gasteiger partial charge is 0.164 e. The molecule has 15 rings (SSSR count). The molecule has 4 nitrogen and oxygen atoms in total. The van der Waals surface area contributed by atoms with Gasteiger partial charge in [0.2, 0.25) is 0 Å². The number of hydrogen-bond donors (Lipinski definition) is 0. The fourth-order valence-corrected chi connectivity index (χ4v) is 14.9. The Balaban J connectivity index is 0.855. The maximum atomic E-state index is 9.71. The largest absolute Gasteiger partial charge is 0.208 e. The average Bonchev–Trinajstić information content (AvgIpc) is 3.30. The van der Waals surface area contributed by atoms with Crippen molar-refractivity contribution in [1.29, 1.82) is 5.26 Å². The van der Waals surface area contributed by atoms with E-state index in [2.05, 4.69) is 121 Å². The van der Waals surface area contributed by atoms with E-state index in [-0.39, 0.29) is 0 Å². The summed E-state index contributed by atoms with van der Waals surface area (Å²) < 4.78 is 0. The molecule has 8 saturated carbocycles. The number of fused-ring (bicyclic) bond motifs is 1. The zero-order valence-corrected chi connectivity index (χ0v) is 35.4. The summed E-state index contributed by atoms with van der Waals surface area (Å²) in [5, 5.41) is 11.9. The minimum atomic E-state index is 0.343. The number of benzene rings is 6. The Labute approximate surface area is 365 Å². The van der Waals surface area contributed by atoms with Gasteiger partial charge in [-0.2, -0.15) is 5.26 Å². The molecule has 8 fully saturated rings. The molecular formula is C58H52N4. The topological polar surface area (TPSA) is 62.5 Å². The molecule has 0 spiro atoms. The Morgan fingerprint density at radius 1 is 0.403 bits per heavy atom. The monoisotopic (exact) mass is 804 g/mol. The zero-order chi connectivity index (χ0) is 41.0. The van der Waals surface area contributed by atoms with Crippen LogP contribution < -0.4 is 0 Å². The molecule has 4 heteroatoms. The van der Waals surface area contributed by atoms with Gasteiger partial charge >= 0.3 is 0 Å². The highest BCUT2D eigenvalue weighted by molar-refractivity contribution is 5.98. The Hall–Kier alpha value is -5.92. The summed E-state index contributed by atoms with van der Waals surface area (Å²) in [7, 11) is 0. The molecule has 0 unspecified atom stereocenters. The number of nitrogens with zero attached hydrogens (tertiary/aromatic N) is 4. The number of rotatable bonds is 7. The summed E-state index contributed by atoms with van der Waals surface area (Å²) >= 11 is 0. The van der Waals surface area contributed by atoms with Crippen molar-refractivity contribution >= 4 is 10.8 Å². The molecule has 0 radical (unpaired) electrons. The van der Waals surface area contributed by atoms with Crippen LogP contribution in [0, 0.1) is 46.8 Å². The van der Waals surface area contributed by atoms with Gasteiger partial charge in [0, 0.05) is 16.7 Å². The molecule has 0 N–H and O–H groups in total. The van der Waals surface area contributed by atoms with E-state index in [0.717, 1.165) is 74.1 Å². The molecule has 304 valence electrons. The van der Waals surface area contributed by atoms with Crippen LogP contribution in [0.4, 0.5) is 0 Å². The predicted octanol–water partition coefficient (Wildman–Crippen LogP) is 14.2. The lowest BCUT2D eigenvalue weighted by molar-refractivity contribution is -0.00530. The summed E-state index contributed by atoms with van der Waals surface area (Å²) in [6.45, 7) is 0. The van der Waals surface area contributed by atoms with Gasteiger partial charge in [-0.25, -0.2) is 15.0 Å². The third kappa shape index (κ3) is 6.18. The maximum Gasteiger partial charge on any atom is 0.164 e. The molecule has 0 amide bonds. The fraction of sp³-hybridized carbons (Fsp3) is 0.345. The molecule has 1 heterocycles. The van der Waals surface area contributed by atoms with Crippen LogP contribution in [0.1, 0.15) is 93.7 Å². The average molecular weight is 805 g/mol. The summed E-state index contributed by atoms with van der Waals surface area (Å²) in [6.07, 6.45) is 17.0. The molecule has 1 aromatic heterocycles. The van der Waals surface area contributed by atoms with Crippen LogP contribution in [-0.4, -0.2) is 15.0 Å². The molecule has 7 aromatic rings. The molecule has 8 aliphatic carbocycles. The van der Waals surface area contributed by atoms with Crippen LogP contribution in [0.2, 0.25) is 0 Å². The quantitative estimate of drug-likeness (QED) is 0.161. The highest BCUT2D eigenvalue weighted by atomic mass is 15.0. The van der Waals surface area contributed by atoms with Crippen molar-refractivity contribution in [1.82, 2.24) is 15.0 Å². The van der Waals surface area contributed by atoms with Gasteiger partial charge in [-0.05, 0) is 186 Å². The van der Waals surface area contributed by atoms with E-state index in [1.165, 1.54) is 93.7 Å². The lowest BCUT2D eigenvalue weighted by Gasteiger charge is -2.57. The van der Waals surface area contributed by atoms with Crippen molar-refractivity contribution in [2.75, 3.05) is 0 Å². The Bertz CT molecular complexity index is 2850. The van der Waals surface area contributed by atoms with Gasteiger partial charge in [0.15, 0.2) is 17.5 Å². The first-order chi connectivity index (χ1) is 30.4. The standard InChI is InChI=1S/C58H52N4/c59-35-36-7-8-45-3-2-6-52(53(45)27-36)48-4-1-5-49(28-48)56-61-54(60-55(62-56)47-15-19-51(20-16-47)58-32-40-24-41(33-58)26-42(25-40)34-58)46-11-9-43(10-12-46)44-13-17-50(18-14-44)57-29-37-21-38(30-57)23-39(22-37)31-57/h1-20,27-28,37-42H,21-26,29-34H2/t37-,38+,39?,40-,41+,42-,57?,58?. The van der Waals surface area contributed by atoms with Crippen LogP contribution in [0.3, 0.4) is 0 Å². The van der Waals surface area contributed by atoms with Gasteiger partial charge in [-0.1, -0.05) is 115 Å². The maximum absolute atomic E-state index is 9.71. The van der Waals surface area contributed by atoms with Crippen molar-refractivity contribution in [2.24, 2.45) is 35.5 Å². The van der Waals surface area contributed by atoms with Crippen LogP contribution >= 0.6 is 0 Å². The second-order valence-electron chi connectivity index (χ2n) is 20.9. The third-order valence-electron chi connectivity index (χ3n) is 16.9. The van der Waals surface area contributed by atoms with Gasteiger partial charge in [0.25, 0.3) is 0 Å². The second kappa shape index (κ2) is 14.0. The minimum Gasteiger partial charge on any atom is -0.208 e. The van der Waals surface area contributed by atoms with E-state index in [4.69, 9.17) is 15.0 Å². The van der Waals surface area contributed by atoms with Crippen LogP contribution in [0.25, 0.3) is 67.2 Å². The summed E-state index contributed by atoms with van der Waals surface area (Å²) in [5.41, 5.74) is 12.0. The summed E-state index contributed by atoms with van der Waals surface area (Å²) in [5.74, 6) is 7.58. The van der Waals surface area contributed by atoms with Crippen molar-refractivity contribution in [2.45, 2.75) is 87.9 Å². The van der Waals surface area contributed by atoms with E-state index < -0.39 is 0 Å². The molecule has 6 aromatic carbocycles. The van der Waals surface area contributed by atoms with Crippen molar-refractivity contribution < 1.29 is 0 Å². The molecule has 62 heavy (non-hydrogen) atoms. The number of aromatic nitrogens is 3. The minimum absolute atomic E-state index is 0.343. The zero-order valence-electron chi connectivity index (χ0n) is 35.4. The SMILES string of the molecule is N#Cc1ccc2cccc(-c3cccc(-c4nc(-c5ccc(-c6ccc(C78CC9C[C@H](C7)C[C@@H](C9)C8)cc6)cc5)nc(-c5ccc(C67C[C@H]8C[C@@H](C6)C[C@@H](C7)C8)cc5)n4)c3)c2c1. The number of hydrogen-bond acceptors (Lipinski definition) is 4. The van der Waals surface area contributed by atoms with Crippen molar-refractivity contribution in [3.8, 4) is 62.5 Å². The Morgan fingerprint density at radius 3 is 1.32 bits per heavy atom. The molecule has 0 aliphatic heterocycles. The first kappa shape index (κ1) is 36.7. The van der Waals surface area contributed by atoms with Crippen molar-refractivity contribution in [3.05, 3.63) is 150 Å². The summed E-state index contributed by atoms with van der Waals surface area (Å²) in [6, 6.07) is 50.8. The highest BCUT2D eigenvalue weighted by Gasteiger charge is 2.52. The molecule has 0 atom stereocenters. The fourth-order valence-electron chi connectivity index (χ4n) is 14.9. The van der Waals surface area contributed by atoms with Crippen LogP contribution in [0.15, 0.2) is 133 Å². The molecule has 0 saturated heterocycles. The van der Waals surface area contributed by atoms with E-state index in [1.807, 2.05) is 18.2 Å². The lowest BCUT2D eigenvalue weighted by atomic mass is 9.48. The van der Waals surface area contributed by atoms with E-state index in [0.29, 0.717) is 33.9 Å². The normalized spacial score (nSPS) is 29.0. The lowest BCUT2D eigenvalue weighted by Crippen LogP contribution is -2.48. The van der Waals surface area contributed by atoms with E-state index >= 15 is 0 Å². The Kier molecular flexibility index (Phi) is 8.32. The van der Waals surface area contributed by atoms with E-state index in [9.17, 15) is 5.26 Å².